The van der Waals surface area contributed by atoms with Gasteiger partial charge in [0.15, 0.2) is 5.78 Å². The second-order valence-electron chi connectivity index (χ2n) is 16.1. The Hall–Kier alpha value is -2.23. The molecule has 4 N–H and O–H groups in total. The molecule has 0 fully saturated rings. The average Bonchev–Trinajstić information content (AvgIpc) is 3.18. The number of carbonyl (C=O) groups excluding carboxylic acids is 2. The van der Waals surface area contributed by atoms with Crippen molar-refractivity contribution >= 4 is 17.7 Å². The van der Waals surface area contributed by atoms with E-state index >= 15 is 0 Å². The van der Waals surface area contributed by atoms with E-state index in [2.05, 4.69) is 13.8 Å². The van der Waals surface area contributed by atoms with Gasteiger partial charge in [-0.15, -0.1) is 0 Å². The van der Waals surface area contributed by atoms with Gasteiger partial charge in [-0.1, -0.05) is 187 Å². The number of aliphatic carboxylic acids is 1. The quantitative estimate of drug-likeness (QED) is 0.0205. The molecule has 0 aliphatic rings. The third kappa shape index (κ3) is 29.9. The molecule has 0 aromatic heterocycles. The summed E-state index contributed by atoms with van der Waals surface area (Å²) in [7, 11) is 0. The predicted molar refractivity (Wildman–Crippen MR) is 228 cm³/mol. The van der Waals surface area contributed by atoms with Crippen molar-refractivity contribution in [3.63, 3.8) is 0 Å². The highest BCUT2D eigenvalue weighted by Crippen LogP contribution is 2.26. The Kier molecular flexibility index (Phi) is 36.8. The largest absolute Gasteiger partial charge is 0.481 e. The maximum atomic E-state index is 13.1. The van der Waals surface area contributed by atoms with E-state index in [1.165, 1.54) is 167 Å². The molecule has 0 unspecified atom stereocenters. The summed E-state index contributed by atoms with van der Waals surface area (Å²) in [6, 6.07) is 0. The molecular weight excluding hydrogens is 709 g/mol. The summed E-state index contributed by atoms with van der Waals surface area (Å²) in [6.45, 7) is 5.10. The minimum absolute atomic E-state index is 0.396. The molecule has 0 rings (SSSR count). The van der Waals surface area contributed by atoms with Crippen LogP contribution in [0.4, 0.5) is 0 Å². The third-order valence-electron chi connectivity index (χ3n) is 10.8. The molecular formula is C47H86O9. The number of aliphatic hydroxyl groups is 3. The fourth-order valence-electron chi connectivity index (χ4n) is 7.04. The lowest BCUT2D eigenvalue weighted by Gasteiger charge is -2.36. The Morgan fingerprint density at radius 1 is 0.554 bits per heavy atom. The van der Waals surface area contributed by atoms with E-state index in [0.717, 1.165) is 38.5 Å². The normalized spacial score (nSPS) is 14.5. The van der Waals surface area contributed by atoms with Gasteiger partial charge >= 0.3 is 11.9 Å². The van der Waals surface area contributed by atoms with Crippen molar-refractivity contribution in [2.75, 3.05) is 6.61 Å². The van der Waals surface area contributed by atoms with Gasteiger partial charge in [0.05, 0.1) is 19.1 Å². The maximum Gasteiger partial charge on any atom is 0.306 e. The number of rotatable bonds is 42. The first-order valence-electron chi connectivity index (χ1n) is 23.0. The number of hydrogen-bond donors (Lipinski definition) is 4. The Labute approximate surface area is 342 Å². The van der Waals surface area contributed by atoms with Gasteiger partial charge < -0.3 is 29.9 Å². The maximum absolute atomic E-state index is 13.1. The molecule has 0 aromatic rings. The van der Waals surface area contributed by atoms with Gasteiger partial charge in [-0.25, -0.2) is 0 Å². The van der Waals surface area contributed by atoms with Crippen LogP contribution in [0, 0.1) is 0 Å². The van der Waals surface area contributed by atoms with E-state index in [1.807, 2.05) is 6.08 Å². The number of carbonyl (C=O) groups is 3. The summed E-state index contributed by atoms with van der Waals surface area (Å²) in [5, 5.41) is 41.6. The van der Waals surface area contributed by atoms with Crippen molar-refractivity contribution < 1.29 is 44.3 Å². The number of hydrogen-bond acceptors (Lipinski definition) is 8. The molecule has 4 atom stereocenters. The van der Waals surface area contributed by atoms with Gasteiger partial charge in [0.1, 0.15) is 24.9 Å². The standard InChI is InChI=1S/C47H86O9/c1-4-6-8-10-12-14-16-18-20-22-24-26-28-30-32-34-38-47(41(3)48,46(54)45(53)42(49)40-55-44(52)37-36-43(50)51)56-39-35-33-31-29-27-25-23-21-19-17-15-13-11-9-7-5-2/h34-35,38-39,42,45-46,49,53-54H,4-33,36-37,40H2,1-3H3,(H,50,51)/t42-,45-,46+,47+/m1/s1. The van der Waals surface area contributed by atoms with E-state index in [9.17, 15) is 29.7 Å². The zero-order valence-electron chi connectivity index (χ0n) is 36.2. The summed E-state index contributed by atoms with van der Waals surface area (Å²) >= 11 is 0. The van der Waals surface area contributed by atoms with Crippen LogP contribution >= 0.6 is 0 Å². The van der Waals surface area contributed by atoms with Crippen LogP contribution in [0.25, 0.3) is 0 Å². The molecule has 0 aliphatic carbocycles. The lowest BCUT2D eigenvalue weighted by Crippen LogP contribution is -2.57. The Balaban J connectivity index is 4.90. The molecule has 0 amide bonds. The zero-order chi connectivity index (χ0) is 41.5. The summed E-state index contributed by atoms with van der Waals surface area (Å²) in [5.41, 5.74) is -1.96. The summed E-state index contributed by atoms with van der Waals surface area (Å²) in [5.74, 6) is -2.57. The van der Waals surface area contributed by atoms with E-state index < -0.39 is 61.1 Å². The molecule has 56 heavy (non-hydrogen) atoms. The fourth-order valence-corrected chi connectivity index (χ4v) is 7.04. The van der Waals surface area contributed by atoms with Gasteiger partial charge in [0.2, 0.25) is 5.60 Å². The van der Waals surface area contributed by atoms with Gasteiger partial charge in [-0.3, -0.25) is 14.4 Å². The number of ketones is 1. The van der Waals surface area contributed by atoms with Crippen LogP contribution in [0.1, 0.15) is 226 Å². The van der Waals surface area contributed by atoms with Crippen molar-refractivity contribution in [1.82, 2.24) is 0 Å². The first-order chi connectivity index (χ1) is 27.1. The summed E-state index contributed by atoms with van der Waals surface area (Å²) < 4.78 is 10.9. The van der Waals surface area contributed by atoms with E-state index in [-0.39, 0.29) is 0 Å². The topological polar surface area (TPSA) is 151 Å². The molecule has 0 heterocycles. The van der Waals surface area contributed by atoms with Crippen LogP contribution in [0.5, 0.6) is 0 Å². The molecule has 9 nitrogen and oxygen atoms in total. The molecule has 0 bridgehead atoms. The van der Waals surface area contributed by atoms with E-state index in [1.54, 1.807) is 6.08 Å². The number of carboxylic acid groups (broad SMARTS) is 1. The van der Waals surface area contributed by atoms with E-state index in [0.29, 0.717) is 6.42 Å². The van der Waals surface area contributed by atoms with Crippen molar-refractivity contribution in [2.24, 2.45) is 0 Å². The second-order valence-corrected chi connectivity index (χ2v) is 16.1. The van der Waals surface area contributed by atoms with Crippen molar-refractivity contribution in [1.29, 1.82) is 0 Å². The smallest absolute Gasteiger partial charge is 0.306 e. The first-order valence-corrected chi connectivity index (χ1v) is 23.0. The predicted octanol–water partition coefficient (Wildman–Crippen LogP) is 11.6. The van der Waals surface area contributed by atoms with E-state index in [4.69, 9.17) is 14.6 Å². The monoisotopic (exact) mass is 795 g/mol. The molecule has 0 saturated carbocycles. The molecule has 0 radical (unpaired) electrons. The number of ether oxygens (including phenoxy) is 2. The first kappa shape index (κ1) is 53.8. The van der Waals surface area contributed by atoms with Crippen LogP contribution in [0.3, 0.4) is 0 Å². The van der Waals surface area contributed by atoms with Gasteiger partial charge in [0.25, 0.3) is 0 Å². The number of esters is 1. The number of Topliss-reactive ketones (excluding diaryl/α,β-unsaturated/α-hetero) is 1. The highest BCUT2D eigenvalue weighted by atomic mass is 16.5. The SMILES string of the molecule is CCCCCCCCCCCCCCCCC=CO[C@@](C=CCCCCCCCCCCCCCCCC)(C(C)=O)[C@@H](O)[C@H](O)[C@H](O)COC(=O)CCC(=O)O. The van der Waals surface area contributed by atoms with Crippen LogP contribution in [-0.4, -0.2) is 68.7 Å². The Morgan fingerprint density at radius 3 is 1.30 bits per heavy atom. The van der Waals surface area contributed by atoms with Crippen LogP contribution in [0.15, 0.2) is 24.5 Å². The highest BCUT2D eigenvalue weighted by Gasteiger charge is 2.47. The molecule has 0 aliphatic heterocycles. The number of allylic oxidation sites excluding steroid dienone is 2. The zero-order valence-corrected chi connectivity index (χ0v) is 36.2. The van der Waals surface area contributed by atoms with Crippen LogP contribution < -0.4 is 0 Å². The van der Waals surface area contributed by atoms with Gasteiger partial charge in [-0.05, 0) is 44.8 Å². The lowest BCUT2D eigenvalue weighted by molar-refractivity contribution is -0.169. The fraction of sp³-hybridized carbons (Fsp3) is 0.851. The Bertz CT molecular complexity index is 996. The molecule has 328 valence electrons. The molecule has 9 heteroatoms. The van der Waals surface area contributed by atoms with Crippen molar-refractivity contribution in [2.45, 2.75) is 250 Å². The average molecular weight is 795 g/mol. The summed E-state index contributed by atoms with van der Waals surface area (Å²) in [4.78, 5) is 35.8. The van der Waals surface area contributed by atoms with Gasteiger partial charge in [-0.2, -0.15) is 0 Å². The highest BCUT2D eigenvalue weighted by molar-refractivity contribution is 5.88. The number of carboxylic acids is 1. The van der Waals surface area contributed by atoms with Crippen molar-refractivity contribution in [3.8, 4) is 0 Å². The van der Waals surface area contributed by atoms with Crippen molar-refractivity contribution in [3.05, 3.63) is 24.5 Å². The number of unbranched alkanes of at least 4 members (excludes halogenated alkanes) is 28. The minimum Gasteiger partial charge on any atom is -0.481 e. The van der Waals surface area contributed by atoms with Crippen LogP contribution in [0.2, 0.25) is 0 Å². The lowest BCUT2D eigenvalue weighted by atomic mass is 9.86. The number of aliphatic hydroxyl groups excluding tert-OH is 3. The second kappa shape index (κ2) is 38.3. The Morgan fingerprint density at radius 2 is 0.929 bits per heavy atom. The molecule has 0 saturated heterocycles. The summed E-state index contributed by atoms with van der Waals surface area (Å²) in [6.07, 6.45) is 37.0. The van der Waals surface area contributed by atoms with Crippen LogP contribution in [-0.2, 0) is 23.9 Å². The molecule has 0 aromatic carbocycles. The van der Waals surface area contributed by atoms with Gasteiger partial charge in [0, 0.05) is 0 Å². The minimum atomic E-state index is -1.96. The molecule has 0 spiro atoms. The third-order valence-corrected chi connectivity index (χ3v) is 10.8.